The Balaban J connectivity index is 2.78. The second-order valence-corrected chi connectivity index (χ2v) is 8.03. The quantitative estimate of drug-likeness (QED) is 0.819. The molecule has 1 N–H and O–H groups in total. The van der Waals surface area contributed by atoms with Crippen molar-refractivity contribution in [1.29, 1.82) is 0 Å². The fourth-order valence-corrected chi connectivity index (χ4v) is 2.85. The average Bonchev–Trinajstić information content (AvgIpc) is 2.56. The molecule has 8 heteroatoms. The van der Waals surface area contributed by atoms with Gasteiger partial charge in [-0.05, 0) is 39.5 Å². The second-order valence-electron chi connectivity index (χ2n) is 8.03. The Morgan fingerprint density at radius 3 is 2.35 bits per heavy atom. The highest BCUT2D eigenvalue weighted by atomic mass is 16.6. The zero-order valence-electron chi connectivity index (χ0n) is 17.0. The highest BCUT2D eigenvalue weighted by molar-refractivity contribution is 5.86. The predicted octanol–water partition coefficient (Wildman–Crippen LogP) is 2.22. The third-order valence-electron chi connectivity index (χ3n) is 4.33. The maximum absolute atomic E-state index is 12.9. The molecule has 0 aromatic heterocycles. The molecule has 150 valence electrons. The SMILES string of the molecule is COC(=O)N[C@H](C(=O)N1CCC[C@H](N(C)C(=O)OC(C)(C)C)C1)C(C)C. The lowest BCUT2D eigenvalue weighted by Crippen LogP contribution is -2.57. The first-order valence-corrected chi connectivity index (χ1v) is 9.05. The van der Waals surface area contributed by atoms with E-state index in [4.69, 9.17) is 4.74 Å². The summed E-state index contributed by atoms with van der Waals surface area (Å²) in [6.07, 6.45) is 0.560. The molecule has 3 amide bonds. The second kappa shape index (κ2) is 9.09. The van der Waals surface area contributed by atoms with Gasteiger partial charge in [-0.15, -0.1) is 0 Å². The van der Waals surface area contributed by atoms with E-state index in [-0.39, 0.29) is 17.9 Å². The number of carbonyl (C=O) groups excluding carboxylic acids is 3. The molecule has 1 fully saturated rings. The van der Waals surface area contributed by atoms with Gasteiger partial charge in [-0.1, -0.05) is 13.8 Å². The van der Waals surface area contributed by atoms with E-state index < -0.39 is 23.8 Å². The Kier molecular flexibility index (Phi) is 7.71. The molecular formula is C18H33N3O5. The van der Waals surface area contributed by atoms with Crippen LogP contribution in [-0.4, -0.2) is 72.8 Å². The van der Waals surface area contributed by atoms with E-state index in [2.05, 4.69) is 10.1 Å². The van der Waals surface area contributed by atoms with E-state index in [1.165, 1.54) is 7.11 Å². The van der Waals surface area contributed by atoms with Crippen LogP contribution >= 0.6 is 0 Å². The van der Waals surface area contributed by atoms with E-state index in [9.17, 15) is 14.4 Å². The Morgan fingerprint density at radius 1 is 1.23 bits per heavy atom. The number of carbonyl (C=O) groups is 3. The molecule has 2 atom stereocenters. The van der Waals surface area contributed by atoms with Gasteiger partial charge in [0.1, 0.15) is 11.6 Å². The Labute approximate surface area is 156 Å². The van der Waals surface area contributed by atoms with Crippen LogP contribution in [0.25, 0.3) is 0 Å². The van der Waals surface area contributed by atoms with Crippen LogP contribution in [0.5, 0.6) is 0 Å². The summed E-state index contributed by atoms with van der Waals surface area (Å²) in [6, 6.07) is -0.776. The molecule has 0 radical (unpaired) electrons. The fourth-order valence-electron chi connectivity index (χ4n) is 2.85. The number of likely N-dealkylation sites (N-methyl/N-ethyl adjacent to an activating group) is 1. The summed E-state index contributed by atoms with van der Waals surface area (Å²) in [4.78, 5) is 40.0. The van der Waals surface area contributed by atoms with Crippen molar-refractivity contribution in [3.63, 3.8) is 0 Å². The first kappa shape index (κ1) is 22.1. The van der Waals surface area contributed by atoms with Crippen LogP contribution < -0.4 is 5.32 Å². The van der Waals surface area contributed by atoms with Gasteiger partial charge in [0, 0.05) is 20.1 Å². The van der Waals surface area contributed by atoms with Gasteiger partial charge in [-0.3, -0.25) is 4.79 Å². The Bertz CT molecular complexity index is 515. The number of ether oxygens (including phenoxy) is 2. The molecule has 26 heavy (non-hydrogen) atoms. The molecule has 0 unspecified atom stereocenters. The molecule has 0 spiro atoms. The molecule has 1 heterocycles. The van der Waals surface area contributed by atoms with E-state index in [0.717, 1.165) is 12.8 Å². The number of hydrogen-bond acceptors (Lipinski definition) is 5. The molecule has 0 aromatic rings. The van der Waals surface area contributed by atoms with Crippen molar-refractivity contribution >= 4 is 18.1 Å². The summed E-state index contributed by atoms with van der Waals surface area (Å²) >= 11 is 0. The van der Waals surface area contributed by atoms with Gasteiger partial charge < -0.3 is 24.6 Å². The summed E-state index contributed by atoms with van der Waals surface area (Å²) in [7, 11) is 2.96. The van der Waals surface area contributed by atoms with Crippen LogP contribution in [0, 0.1) is 5.92 Å². The fraction of sp³-hybridized carbons (Fsp3) is 0.833. The number of piperidine rings is 1. The van der Waals surface area contributed by atoms with Gasteiger partial charge in [0.25, 0.3) is 0 Å². The summed E-state index contributed by atoms with van der Waals surface area (Å²) in [5.74, 6) is -0.238. The average molecular weight is 371 g/mol. The van der Waals surface area contributed by atoms with Gasteiger partial charge in [0.05, 0.1) is 13.2 Å². The molecule has 0 saturated carbocycles. The van der Waals surface area contributed by atoms with E-state index in [0.29, 0.717) is 13.1 Å². The van der Waals surface area contributed by atoms with Gasteiger partial charge in [-0.25, -0.2) is 9.59 Å². The number of nitrogens with zero attached hydrogens (tertiary/aromatic N) is 2. The minimum atomic E-state index is -0.659. The standard InChI is InChI=1S/C18H33N3O5/c1-12(2)14(19-16(23)25-7)15(22)21-10-8-9-13(11-21)20(6)17(24)26-18(3,4)5/h12-14H,8-11H2,1-7H3,(H,19,23)/t13-,14-/m0/s1. The number of nitrogens with one attached hydrogen (secondary N) is 1. The van der Waals surface area contributed by atoms with E-state index in [1.807, 2.05) is 34.6 Å². The summed E-state index contributed by atoms with van der Waals surface area (Å²) in [6.45, 7) is 10.2. The number of alkyl carbamates (subject to hydrolysis) is 1. The molecule has 8 nitrogen and oxygen atoms in total. The molecular weight excluding hydrogens is 338 g/mol. The molecule has 1 aliphatic rings. The monoisotopic (exact) mass is 371 g/mol. The zero-order valence-corrected chi connectivity index (χ0v) is 17.0. The normalized spacial score (nSPS) is 18.9. The summed E-state index contributed by atoms with van der Waals surface area (Å²) in [5, 5.41) is 2.60. The molecule has 1 aliphatic heterocycles. The number of amides is 3. The predicted molar refractivity (Wildman–Crippen MR) is 97.8 cm³/mol. The number of rotatable bonds is 4. The van der Waals surface area contributed by atoms with Gasteiger partial charge in [0.2, 0.25) is 5.91 Å². The highest BCUT2D eigenvalue weighted by Gasteiger charge is 2.35. The summed E-state index contributed by atoms with van der Waals surface area (Å²) in [5.41, 5.74) is -0.567. The lowest BCUT2D eigenvalue weighted by atomic mass is 9.99. The zero-order chi connectivity index (χ0) is 20.1. The number of methoxy groups -OCH3 is 1. The van der Waals surface area contributed by atoms with Gasteiger partial charge >= 0.3 is 12.2 Å². The van der Waals surface area contributed by atoms with Crippen molar-refractivity contribution < 1.29 is 23.9 Å². The van der Waals surface area contributed by atoms with Crippen LogP contribution in [-0.2, 0) is 14.3 Å². The maximum Gasteiger partial charge on any atom is 0.410 e. The lowest BCUT2D eigenvalue weighted by Gasteiger charge is -2.39. The van der Waals surface area contributed by atoms with Gasteiger partial charge in [0.15, 0.2) is 0 Å². The van der Waals surface area contributed by atoms with Gasteiger partial charge in [-0.2, -0.15) is 0 Å². The third-order valence-corrected chi connectivity index (χ3v) is 4.33. The van der Waals surface area contributed by atoms with Crippen LogP contribution in [0.4, 0.5) is 9.59 Å². The topological polar surface area (TPSA) is 88.2 Å². The van der Waals surface area contributed by atoms with Crippen LogP contribution in [0.1, 0.15) is 47.5 Å². The number of likely N-dealkylation sites (tertiary alicyclic amines) is 1. The van der Waals surface area contributed by atoms with Crippen molar-refractivity contribution in [2.45, 2.75) is 65.1 Å². The Hall–Kier alpha value is -1.99. The molecule has 0 aromatic carbocycles. The van der Waals surface area contributed by atoms with E-state index in [1.54, 1.807) is 16.8 Å². The number of hydrogen-bond donors (Lipinski definition) is 1. The Morgan fingerprint density at radius 2 is 1.85 bits per heavy atom. The lowest BCUT2D eigenvalue weighted by molar-refractivity contribution is -0.136. The largest absolute Gasteiger partial charge is 0.453 e. The van der Waals surface area contributed by atoms with Crippen molar-refractivity contribution in [3.05, 3.63) is 0 Å². The van der Waals surface area contributed by atoms with Crippen molar-refractivity contribution in [3.8, 4) is 0 Å². The molecule has 0 aliphatic carbocycles. The van der Waals surface area contributed by atoms with Crippen LogP contribution in [0.3, 0.4) is 0 Å². The summed E-state index contributed by atoms with van der Waals surface area (Å²) < 4.78 is 10.0. The minimum Gasteiger partial charge on any atom is -0.453 e. The van der Waals surface area contributed by atoms with Crippen molar-refractivity contribution in [2.24, 2.45) is 5.92 Å². The highest BCUT2D eigenvalue weighted by Crippen LogP contribution is 2.19. The minimum absolute atomic E-state index is 0.0782. The molecule has 1 saturated heterocycles. The van der Waals surface area contributed by atoms with Crippen LogP contribution in [0.2, 0.25) is 0 Å². The van der Waals surface area contributed by atoms with E-state index >= 15 is 0 Å². The molecule has 1 rings (SSSR count). The van der Waals surface area contributed by atoms with Crippen LogP contribution in [0.15, 0.2) is 0 Å². The smallest absolute Gasteiger partial charge is 0.410 e. The molecule has 0 bridgehead atoms. The third kappa shape index (κ3) is 6.38. The first-order valence-electron chi connectivity index (χ1n) is 9.05. The van der Waals surface area contributed by atoms with Crippen molar-refractivity contribution in [2.75, 3.05) is 27.2 Å². The maximum atomic E-state index is 12.9. The van der Waals surface area contributed by atoms with Crippen molar-refractivity contribution in [1.82, 2.24) is 15.1 Å². The first-order chi connectivity index (χ1) is 12.0.